The number of anilines is 1. The minimum atomic E-state index is 0.609. The van der Waals surface area contributed by atoms with Crippen LogP contribution in [0.4, 0.5) is 5.69 Å². The molecule has 0 amide bonds. The number of nitrogen functional groups attached to an aromatic ring is 1. The summed E-state index contributed by atoms with van der Waals surface area (Å²) in [5.74, 6) is 0. The monoisotopic (exact) mass is 118 g/mol. The van der Waals surface area contributed by atoms with Gasteiger partial charge in [0.25, 0.3) is 0 Å². The number of aromatic nitrogens is 1. The van der Waals surface area contributed by atoms with Crippen LogP contribution in [0.2, 0.25) is 0 Å². The van der Waals surface area contributed by atoms with Gasteiger partial charge in [-0.25, -0.2) is 0 Å². The molecule has 1 aromatic rings. The molecule has 0 saturated heterocycles. The first kappa shape index (κ1) is 6.14. The number of aryl methyl sites for hydroxylation is 1. The highest BCUT2D eigenvalue weighted by Crippen LogP contribution is 2.00. The van der Waals surface area contributed by atoms with Gasteiger partial charge in [-0.05, 0) is 13.0 Å². The molecule has 2 nitrogen and oxygen atoms in total. The third kappa shape index (κ3) is 1.22. The van der Waals surface area contributed by atoms with Crippen LogP contribution in [-0.2, 0) is 0 Å². The van der Waals surface area contributed by atoms with Crippen molar-refractivity contribution in [2.24, 2.45) is 0 Å². The summed E-state index contributed by atoms with van der Waals surface area (Å²) in [5, 5.41) is 0. The van der Waals surface area contributed by atoms with Crippen LogP contribution >= 0.6 is 0 Å². The largest absolute Gasteiger partial charge is 0.397 e. The fraction of sp³-hybridized carbons (Fsp3) is 0.167. The fourth-order valence-corrected chi connectivity index (χ4v) is 0.567. The predicted octanol–water partition coefficient (Wildman–Crippen LogP) is -0.234. The van der Waals surface area contributed by atoms with E-state index in [-0.39, 0.29) is 0 Å². The molecule has 1 heterocycles. The summed E-state index contributed by atoms with van der Waals surface area (Å²) in [6, 6.07) is 1.70. The van der Waals surface area contributed by atoms with Crippen molar-refractivity contribution in [2.75, 3.05) is 5.73 Å². The van der Waals surface area contributed by atoms with Crippen molar-refractivity contribution in [3.63, 3.8) is 0 Å². The Morgan fingerprint density at radius 2 is 2.33 bits per heavy atom. The van der Waals surface area contributed by atoms with E-state index in [4.69, 9.17) is 13.6 Å². The highest BCUT2D eigenvalue weighted by Gasteiger charge is 1.91. The van der Waals surface area contributed by atoms with Crippen LogP contribution in [0.25, 0.3) is 0 Å². The summed E-state index contributed by atoms with van der Waals surface area (Å²) in [6.07, 6.45) is 1.59. The van der Waals surface area contributed by atoms with Gasteiger partial charge in [-0.1, -0.05) is 5.46 Å². The molecule has 0 aliphatic rings. The normalized spacial score (nSPS) is 9.44. The van der Waals surface area contributed by atoms with Gasteiger partial charge in [-0.3, -0.25) is 4.98 Å². The Hall–Kier alpha value is -0.985. The summed E-state index contributed by atoms with van der Waals surface area (Å²) in [6.45, 7) is 1.84. The molecule has 9 heavy (non-hydrogen) atoms. The van der Waals surface area contributed by atoms with Gasteiger partial charge in [0.15, 0.2) is 0 Å². The number of nitrogens with two attached hydrogens (primary N) is 1. The van der Waals surface area contributed by atoms with Crippen LogP contribution in [0.1, 0.15) is 5.69 Å². The van der Waals surface area contributed by atoms with Crippen LogP contribution in [0.3, 0.4) is 0 Å². The lowest BCUT2D eigenvalue weighted by Crippen LogP contribution is -2.06. The van der Waals surface area contributed by atoms with E-state index in [9.17, 15) is 0 Å². The van der Waals surface area contributed by atoms with Gasteiger partial charge in [-0.2, -0.15) is 0 Å². The van der Waals surface area contributed by atoms with Gasteiger partial charge in [0.1, 0.15) is 7.85 Å². The number of pyridine rings is 1. The maximum atomic E-state index is 5.48. The molecule has 0 bridgehead atoms. The highest BCUT2D eigenvalue weighted by molar-refractivity contribution is 6.32. The zero-order chi connectivity index (χ0) is 6.85. The average Bonchev–Trinajstić information content (AvgIpc) is 1.80. The van der Waals surface area contributed by atoms with E-state index < -0.39 is 0 Å². The topological polar surface area (TPSA) is 38.9 Å². The molecule has 0 aliphatic heterocycles. The lowest BCUT2D eigenvalue weighted by molar-refractivity contribution is 1.22. The molecule has 0 aliphatic carbocycles. The van der Waals surface area contributed by atoms with E-state index in [1.165, 1.54) is 0 Å². The van der Waals surface area contributed by atoms with Crippen molar-refractivity contribution < 1.29 is 0 Å². The summed E-state index contributed by atoms with van der Waals surface area (Å²) in [7, 11) is 5.38. The van der Waals surface area contributed by atoms with Crippen LogP contribution in [-0.4, -0.2) is 12.8 Å². The molecular formula is C6H7BN2. The Kier molecular flexibility index (Phi) is 1.43. The molecule has 44 valence electrons. The number of hydrogen-bond acceptors (Lipinski definition) is 2. The number of nitrogens with zero attached hydrogens (tertiary/aromatic N) is 1. The molecule has 0 spiro atoms. The standard InChI is InChI=1S/C6H7BN2/c1-4-6(8)2-5(7)3-9-4/h2-3H,8H2,1H3. The molecule has 2 radical (unpaired) electrons. The smallest absolute Gasteiger partial charge is 0.116 e. The summed E-state index contributed by atoms with van der Waals surface area (Å²) >= 11 is 0. The van der Waals surface area contributed by atoms with E-state index in [0.29, 0.717) is 11.2 Å². The first-order chi connectivity index (χ1) is 4.20. The van der Waals surface area contributed by atoms with Gasteiger partial charge in [0, 0.05) is 6.20 Å². The predicted molar refractivity (Wildman–Crippen MR) is 38.8 cm³/mol. The lowest BCUT2D eigenvalue weighted by atomic mass is 9.98. The third-order valence-corrected chi connectivity index (χ3v) is 1.15. The maximum absolute atomic E-state index is 5.48. The molecule has 0 aromatic carbocycles. The minimum Gasteiger partial charge on any atom is -0.397 e. The fourth-order valence-electron chi connectivity index (χ4n) is 0.567. The van der Waals surface area contributed by atoms with Crippen molar-refractivity contribution in [1.29, 1.82) is 0 Å². The van der Waals surface area contributed by atoms with E-state index in [1.54, 1.807) is 12.3 Å². The SMILES string of the molecule is [B]c1cnc(C)c(N)c1. The van der Waals surface area contributed by atoms with E-state index in [2.05, 4.69) is 4.98 Å². The van der Waals surface area contributed by atoms with Gasteiger partial charge in [-0.15, -0.1) is 0 Å². The molecular weight excluding hydrogens is 111 g/mol. The van der Waals surface area contributed by atoms with Gasteiger partial charge >= 0.3 is 0 Å². The summed E-state index contributed by atoms with van der Waals surface area (Å²) in [4.78, 5) is 3.93. The Labute approximate surface area is 55.5 Å². The first-order valence-electron chi connectivity index (χ1n) is 2.68. The van der Waals surface area contributed by atoms with Crippen molar-refractivity contribution in [3.05, 3.63) is 18.0 Å². The van der Waals surface area contributed by atoms with Crippen molar-refractivity contribution in [1.82, 2.24) is 4.98 Å². The van der Waals surface area contributed by atoms with Crippen molar-refractivity contribution in [2.45, 2.75) is 6.92 Å². The minimum absolute atomic E-state index is 0.609. The van der Waals surface area contributed by atoms with Crippen LogP contribution in [0.5, 0.6) is 0 Å². The number of rotatable bonds is 0. The lowest BCUT2D eigenvalue weighted by Gasteiger charge is -1.97. The first-order valence-corrected chi connectivity index (χ1v) is 2.68. The van der Waals surface area contributed by atoms with Crippen molar-refractivity contribution >= 4 is 19.0 Å². The molecule has 1 aromatic heterocycles. The second-order valence-electron chi connectivity index (χ2n) is 1.94. The quantitative estimate of drug-likeness (QED) is 0.477. The van der Waals surface area contributed by atoms with E-state index in [0.717, 1.165) is 5.69 Å². The van der Waals surface area contributed by atoms with Crippen molar-refractivity contribution in [3.8, 4) is 0 Å². The zero-order valence-corrected chi connectivity index (χ0v) is 5.26. The molecule has 0 unspecified atom stereocenters. The second kappa shape index (κ2) is 2.09. The Morgan fingerprint density at radius 1 is 1.67 bits per heavy atom. The highest BCUT2D eigenvalue weighted by atomic mass is 14.7. The van der Waals surface area contributed by atoms with Gasteiger partial charge in [0.05, 0.1) is 11.4 Å². The molecule has 0 atom stereocenters. The Balaban J connectivity index is 3.17. The molecule has 3 heteroatoms. The molecule has 2 N–H and O–H groups in total. The number of hydrogen-bond donors (Lipinski definition) is 1. The Bertz CT molecular complexity index is 222. The summed E-state index contributed by atoms with van der Waals surface area (Å²) in [5.41, 5.74) is 7.56. The second-order valence-corrected chi connectivity index (χ2v) is 1.94. The Morgan fingerprint density at radius 3 is 2.78 bits per heavy atom. The molecule has 1 rings (SSSR count). The molecule has 0 saturated carbocycles. The molecule has 0 fully saturated rings. The maximum Gasteiger partial charge on any atom is 0.116 e. The third-order valence-electron chi connectivity index (χ3n) is 1.15. The van der Waals surface area contributed by atoms with Crippen LogP contribution in [0.15, 0.2) is 12.3 Å². The average molecular weight is 118 g/mol. The zero-order valence-electron chi connectivity index (χ0n) is 5.26. The van der Waals surface area contributed by atoms with Crippen LogP contribution in [0, 0.1) is 6.92 Å². The van der Waals surface area contributed by atoms with Gasteiger partial charge < -0.3 is 5.73 Å². The summed E-state index contributed by atoms with van der Waals surface area (Å²) < 4.78 is 0. The van der Waals surface area contributed by atoms with Gasteiger partial charge in [0.2, 0.25) is 0 Å². The van der Waals surface area contributed by atoms with Crippen LogP contribution < -0.4 is 11.2 Å². The van der Waals surface area contributed by atoms with E-state index in [1.807, 2.05) is 6.92 Å². The van der Waals surface area contributed by atoms with E-state index >= 15 is 0 Å².